The number of amides is 2. The molecule has 2 amide bonds. The summed E-state index contributed by atoms with van der Waals surface area (Å²) >= 11 is 0. The summed E-state index contributed by atoms with van der Waals surface area (Å²) in [5.74, 6) is -1.01. The van der Waals surface area contributed by atoms with Crippen molar-refractivity contribution in [2.45, 2.75) is 6.92 Å². The molecule has 0 unspecified atom stereocenters. The van der Waals surface area contributed by atoms with Gasteiger partial charge in [0.15, 0.2) is 0 Å². The molecule has 0 bridgehead atoms. The van der Waals surface area contributed by atoms with E-state index in [1.165, 1.54) is 0 Å². The van der Waals surface area contributed by atoms with Crippen LogP contribution in [0.5, 0.6) is 0 Å². The number of piperazine rings is 1. The second-order valence-electron chi connectivity index (χ2n) is 4.92. The van der Waals surface area contributed by atoms with E-state index in [-0.39, 0.29) is 0 Å². The van der Waals surface area contributed by atoms with Crippen LogP contribution in [0.25, 0.3) is 0 Å². The fourth-order valence-corrected chi connectivity index (χ4v) is 1.97. The Morgan fingerprint density at radius 3 is 2.21 bits per heavy atom. The summed E-state index contributed by atoms with van der Waals surface area (Å²) in [6, 6.07) is 7.39. The SMILES string of the molecule is Cc1ccc(NC(=O)C(=O)N2CCN(C)CC2)cc1. The number of carbonyl (C=O) groups excluding carboxylic acids is 2. The number of hydrogen-bond acceptors (Lipinski definition) is 3. The van der Waals surface area contributed by atoms with E-state index in [1.807, 2.05) is 26.1 Å². The van der Waals surface area contributed by atoms with E-state index in [0.717, 1.165) is 18.7 Å². The summed E-state index contributed by atoms with van der Waals surface area (Å²) in [6.45, 7) is 4.81. The first kappa shape index (κ1) is 13.5. The molecule has 2 rings (SSSR count). The maximum Gasteiger partial charge on any atom is 0.313 e. The molecule has 102 valence electrons. The third-order valence-electron chi connectivity index (χ3n) is 3.29. The quantitative estimate of drug-likeness (QED) is 0.757. The van der Waals surface area contributed by atoms with Crippen molar-refractivity contribution in [3.05, 3.63) is 29.8 Å². The van der Waals surface area contributed by atoms with Gasteiger partial charge in [-0.3, -0.25) is 9.59 Å². The number of benzene rings is 1. The minimum absolute atomic E-state index is 0.450. The third-order valence-corrected chi connectivity index (χ3v) is 3.29. The highest BCUT2D eigenvalue weighted by Gasteiger charge is 2.24. The molecule has 0 saturated carbocycles. The van der Waals surface area contributed by atoms with Crippen LogP contribution in [-0.4, -0.2) is 54.8 Å². The van der Waals surface area contributed by atoms with Crippen molar-refractivity contribution < 1.29 is 9.59 Å². The smallest absolute Gasteiger partial charge is 0.313 e. The van der Waals surface area contributed by atoms with Crippen LogP contribution in [0.4, 0.5) is 5.69 Å². The Bertz CT molecular complexity index is 462. The minimum atomic E-state index is -0.562. The average Bonchev–Trinajstić information content (AvgIpc) is 2.41. The van der Waals surface area contributed by atoms with E-state index < -0.39 is 11.8 Å². The molecule has 1 aliphatic rings. The number of aryl methyl sites for hydroxylation is 1. The van der Waals surface area contributed by atoms with Gasteiger partial charge < -0.3 is 15.1 Å². The summed E-state index contributed by atoms with van der Waals surface area (Å²) in [5, 5.41) is 2.63. The highest BCUT2D eigenvalue weighted by Crippen LogP contribution is 2.09. The monoisotopic (exact) mass is 261 g/mol. The normalized spacial score (nSPS) is 16.2. The molecule has 5 nitrogen and oxygen atoms in total. The Morgan fingerprint density at radius 1 is 1.05 bits per heavy atom. The molecule has 1 aromatic rings. The van der Waals surface area contributed by atoms with Crippen LogP contribution in [-0.2, 0) is 9.59 Å². The first-order valence-corrected chi connectivity index (χ1v) is 6.42. The second kappa shape index (κ2) is 5.84. The second-order valence-corrected chi connectivity index (χ2v) is 4.92. The Kier molecular flexibility index (Phi) is 4.16. The fourth-order valence-electron chi connectivity index (χ4n) is 1.97. The van der Waals surface area contributed by atoms with Gasteiger partial charge in [-0.15, -0.1) is 0 Å². The van der Waals surface area contributed by atoms with Crippen molar-refractivity contribution in [1.29, 1.82) is 0 Å². The lowest BCUT2D eigenvalue weighted by molar-refractivity contribution is -0.144. The van der Waals surface area contributed by atoms with Crippen molar-refractivity contribution in [3.63, 3.8) is 0 Å². The Balaban J connectivity index is 1.92. The summed E-state index contributed by atoms with van der Waals surface area (Å²) in [7, 11) is 2.01. The highest BCUT2D eigenvalue weighted by molar-refractivity contribution is 6.39. The zero-order chi connectivity index (χ0) is 13.8. The van der Waals surface area contributed by atoms with E-state index in [0.29, 0.717) is 18.8 Å². The Hall–Kier alpha value is -1.88. The van der Waals surface area contributed by atoms with Crippen LogP contribution < -0.4 is 5.32 Å². The summed E-state index contributed by atoms with van der Waals surface area (Å²) in [4.78, 5) is 27.6. The maximum atomic E-state index is 12.0. The number of anilines is 1. The van der Waals surface area contributed by atoms with Crippen LogP contribution in [0.2, 0.25) is 0 Å². The van der Waals surface area contributed by atoms with Gasteiger partial charge in [0, 0.05) is 31.9 Å². The molecule has 0 aromatic heterocycles. The van der Waals surface area contributed by atoms with Crippen LogP contribution in [0.15, 0.2) is 24.3 Å². The average molecular weight is 261 g/mol. The van der Waals surface area contributed by atoms with Crippen molar-refractivity contribution in [2.24, 2.45) is 0 Å². The molecular formula is C14H19N3O2. The van der Waals surface area contributed by atoms with Crippen LogP contribution in [0.3, 0.4) is 0 Å². The van der Waals surface area contributed by atoms with E-state index >= 15 is 0 Å². The van der Waals surface area contributed by atoms with Gasteiger partial charge in [-0.1, -0.05) is 17.7 Å². The van der Waals surface area contributed by atoms with Gasteiger partial charge in [0.1, 0.15) is 0 Å². The predicted molar refractivity (Wildman–Crippen MR) is 73.9 cm³/mol. The predicted octanol–water partition coefficient (Wildman–Crippen LogP) is 0.708. The standard InChI is InChI=1S/C14H19N3O2/c1-11-3-5-12(6-4-11)15-13(18)14(19)17-9-7-16(2)8-10-17/h3-6H,7-10H2,1-2H3,(H,15,18). The van der Waals surface area contributed by atoms with Gasteiger partial charge in [0.25, 0.3) is 0 Å². The lowest BCUT2D eigenvalue weighted by Gasteiger charge is -2.31. The van der Waals surface area contributed by atoms with Crippen molar-refractivity contribution >= 4 is 17.5 Å². The van der Waals surface area contributed by atoms with Gasteiger partial charge in [0.2, 0.25) is 0 Å². The molecule has 1 N–H and O–H groups in total. The molecule has 1 fully saturated rings. The molecule has 0 radical (unpaired) electrons. The number of rotatable bonds is 1. The van der Waals surface area contributed by atoms with Crippen LogP contribution in [0, 0.1) is 6.92 Å². The number of hydrogen-bond donors (Lipinski definition) is 1. The highest BCUT2D eigenvalue weighted by atomic mass is 16.2. The minimum Gasteiger partial charge on any atom is -0.332 e. The summed E-state index contributed by atoms with van der Waals surface area (Å²) in [5.41, 5.74) is 1.77. The zero-order valence-corrected chi connectivity index (χ0v) is 11.3. The van der Waals surface area contributed by atoms with Crippen molar-refractivity contribution in [1.82, 2.24) is 9.80 Å². The molecule has 1 heterocycles. The molecule has 1 aliphatic heterocycles. The molecular weight excluding hydrogens is 242 g/mol. The zero-order valence-electron chi connectivity index (χ0n) is 11.3. The molecule has 1 saturated heterocycles. The number of carbonyl (C=O) groups is 2. The number of likely N-dealkylation sites (N-methyl/N-ethyl adjacent to an activating group) is 1. The first-order chi connectivity index (χ1) is 9.06. The van der Waals surface area contributed by atoms with Gasteiger partial charge in [-0.25, -0.2) is 0 Å². The maximum absolute atomic E-state index is 12.0. The van der Waals surface area contributed by atoms with Crippen molar-refractivity contribution in [2.75, 3.05) is 38.5 Å². The van der Waals surface area contributed by atoms with E-state index in [4.69, 9.17) is 0 Å². The molecule has 0 atom stereocenters. The van der Waals surface area contributed by atoms with Crippen LogP contribution in [0.1, 0.15) is 5.56 Å². The summed E-state index contributed by atoms with van der Waals surface area (Å²) < 4.78 is 0. The topological polar surface area (TPSA) is 52.7 Å². The molecule has 1 aromatic carbocycles. The van der Waals surface area contributed by atoms with E-state index in [1.54, 1.807) is 17.0 Å². The van der Waals surface area contributed by atoms with E-state index in [2.05, 4.69) is 10.2 Å². The fraction of sp³-hybridized carbons (Fsp3) is 0.429. The Morgan fingerprint density at radius 2 is 1.63 bits per heavy atom. The van der Waals surface area contributed by atoms with Crippen LogP contribution >= 0.6 is 0 Å². The number of nitrogens with zero attached hydrogens (tertiary/aromatic N) is 2. The molecule has 5 heteroatoms. The Labute approximate surface area is 113 Å². The number of nitrogens with one attached hydrogen (secondary N) is 1. The summed E-state index contributed by atoms with van der Waals surface area (Å²) in [6.07, 6.45) is 0. The van der Waals surface area contributed by atoms with Crippen molar-refractivity contribution in [3.8, 4) is 0 Å². The lowest BCUT2D eigenvalue weighted by Crippen LogP contribution is -2.50. The molecule has 0 aliphatic carbocycles. The first-order valence-electron chi connectivity index (χ1n) is 6.42. The lowest BCUT2D eigenvalue weighted by atomic mass is 10.2. The largest absolute Gasteiger partial charge is 0.332 e. The van der Waals surface area contributed by atoms with Gasteiger partial charge in [-0.05, 0) is 26.1 Å². The molecule has 19 heavy (non-hydrogen) atoms. The van der Waals surface area contributed by atoms with Gasteiger partial charge in [-0.2, -0.15) is 0 Å². The van der Waals surface area contributed by atoms with Gasteiger partial charge in [0.05, 0.1) is 0 Å². The van der Waals surface area contributed by atoms with Gasteiger partial charge >= 0.3 is 11.8 Å². The third kappa shape index (κ3) is 3.54. The molecule has 0 spiro atoms. The van der Waals surface area contributed by atoms with E-state index in [9.17, 15) is 9.59 Å².